The zero-order valence-electron chi connectivity index (χ0n) is 14.9. The molecule has 2 heteroatoms. The quantitative estimate of drug-likeness (QED) is 0.805. The first kappa shape index (κ1) is 17.6. The van der Waals surface area contributed by atoms with Gasteiger partial charge < -0.3 is 10.5 Å². The van der Waals surface area contributed by atoms with E-state index in [1.54, 1.807) is 0 Å². The van der Waals surface area contributed by atoms with Crippen LogP contribution in [0.25, 0.3) is 0 Å². The summed E-state index contributed by atoms with van der Waals surface area (Å²) in [4.78, 5) is 0. The smallest absolute Gasteiger partial charge is 0.122 e. The lowest BCUT2D eigenvalue weighted by Crippen LogP contribution is -2.15. The molecular weight excluding hydrogens is 282 g/mol. The number of hydrogen-bond acceptors (Lipinski definition) is 2. The van der Waals surface area contributed by atoms with Crippen LogP contribution >= 0.6 is 0 Å². The van der Waals surface area contributed by atoms with Crippen molar-refractivity contribution in [3.05, 3.63) is 64.2 Å². The average molecular weight is 311 g/mol. The van der Waals surface area contributed by atoms with Crippen LogP contribution in [0, 0.1) is 20.8 Å². The number of nitrogens with two attached hydrogens (primary N) is 1. The molecule has 0 aliphatic heterocycles. The van der Waals surface area contributed by atoms with Gasteiger partial charge in [-0.3, -0.25) is 0 Å². The van der Waals surface area contributed by atoms with Crippen molar-refractivity contribution < 1.29 is 4.74 Å². The maximum atomic E-state index is 6.07. The highest BCUT2D eigenvalue weighted by Crippen LogP contribution is 2.26. The summed E-state index contributed by atoms with van der Waals surface area (Å²) in [6, 6.07) is 13.2. The van der Waals surface area contributed by atoms with E-state index in [9.17, 15) is 0 Å². The molecule has 1 atom stereocenters. The van der Waals surface area contributed by atoms with E-state index < -0.39 is 0 Å². The molecule has 2 aromatic carbocycles. The maximum Gasteiger partial charge on any atom is 0.122 e. The minimum atomic E-state index is 0.343. The highest BCUT2D eigenvalue weighted by atomic mass is 16.5. The van der Waals surface area contributed by atoms with Crippen molar-refractivity contribution in [2.24, 2.45) is 5.73 Å². The fraction of sp³-hybridized carbons (Fsp3) is 0.429. The van der Waals surface area contributed by atoms with E-state index in [0.29, 0.717) is 12.5 Å². The fourth-order valence-electron chi connectivity index (χ4n) is 3.11. The van der Waals surface area contributed by atoms with Gasteiger partial charge in [0.2, 0.25) is 0 Å². The molecule has 0 radical (unpaired) electrons. The van der Waals surface area contributed by atoms with Crippen LogP contribution in [0.2, 0.25) is 0 Å². The van der Waals surface area contributed by atoms with Gasteiger partial charge in [0, 0.05) is 5.92 Å². The monoisotopic (exact) mass is 311 g/mol. The van der Waals surface area contributed by atoms with E-state index in [1.165, 1.54) is 27.8 Å². The van der Waals surface area contributed by atoms with Crippen LogP contribution in [0.15, 0.2) is 36.4 Å². The molecule has 0 bridgehead atoms. The number of hydrogen-bond donors (Lipinski definition) is 1. The largest absolute Gasteiger partial charge is 0.493 e. The SMILES string of the molecule is CCCOc1ccc(C(CN)Cc2cc(C)cc(C)c2)cc1C. The van der Waals surface area contributed by atoms with Crippen molar-refractivity contribution in [2.75, 3.05) is 13.2 Å². The van der Waals surface area contributed by atoms with E-state index in [2.05, 4.69) is 64.1 Å². The van der Waals surface area contributed by atoms with Crippen LogP contribution in [0.5, 0.6) is 5.75 Å². The molecule has 0 saturated heterocycles. The molecule has 2 aromatic rings. The Morgan fingerprint density at radius 1 is 1.00 bits per heavy atom. The predicted octanol–water partition coefficient (Wildman–Crippen LogP) is 4.69. The molecule has 2 nitrogen and oxygen atoms in total. The Balaban J connectivity index is 2.18. The molecule has 0 heterocycles. The molecule has 23 heavy (non-hydrogen) atoms. The van der Waals surface area contributed by atoms with Gasteiger partial charge in [0.05, 0.1) is 6.61 Å². The second-order valence-electron chi connectivity index (χ2n) is 6.51. The van der Waals surface area contributed by atoms with E-state index >= 15 is 0 Å². The first-order chi connectivity index (χ1) is 11.0. The molecule has 0 aromatic heterocycles. The predicted molar refractivity (Wildman–Crippen MR) is 98.4 cm³/mol. The normalized spacial score (nSPS) is 12.2. The van der Waals surface area contributed by atoms with Gasteiger partial charge in [-0.25, -0.2) is 0 Å². The van der Waals surface area contributed by atoms with Crippen molar-refractivity contribution in [2.45, 2.75) is 46.5 Å². The molecule has 2 N–H and O–H groups in total. The van der Waals surface area contributed by atoms with Gasteiger partial charge in [0.15, 0.2) is 0 Å². The fourth-order valence-corrected chi connectivity index (χ4v) is 3.11. The summed E-state index contributed by atoms with van der Waals surface area (Å²) in [5.74, 6) is 1.33. The summed E-state index contributed by atoms with van der Waals surface area (Å²) >= 11 is 0. The molecular formula is C21H29NO. The van der Waals surface area contributed by atoms with Crippen molar-refractivity contribution >= 4 is 0 Å². The molecule has 124 valence electrons. The molecule has 0 saturated carbocycles. The van der Waals surface area contributed by atoms with Gasteiger partial charge in [-0.05, 0) is 62.9 Å². The zero-order chi connectivity index (χ0) is 16.8. The van der Waals surface area contributed by atoms with Crippen LogP contribution in [0.1, 0.15) is 47.1 Å². The minimum absolute atomic E-state index is 0.343. The summed E-state index contributed by atoms with van der Waals surface area (Å²) in [5.41, 5.74) is 12.5. The van der Waals surface area contributed by atoms with Crippen molar-refractivity contribution in [3.8, 4) is 5.75 Å². The van der Waals surface area contributed by atoms with Gasteiger partial charge in [0.1, 0.15) is 5.75 Å². The van der Waals surface area contributed by atoms with Crippen LogP contribution in [0.3, 0.4) is 0 Å². The Hall–Kier alpha value is -1.80. The van der Waals surface area contributed by atoms with E-state index in [1.807, 2.05) is 0 Å². The van der Waals surface area contributed by atoms with Crippen LogP contribution in [-0.2, 0) is 6.42 Å². The molecule has 0 aliphatic carbocycles. The highest BCUT2D eigenvalue weighted by molar-refractivity contribution is 5.39. The lowest BCUT2D eigenvalue weighted by molar-refractivity contribution is 0.315. The molecule has 0 aliphatic rings. The summed E-state index contributed by atoms with van der Waals surface area (Å²) in [6.07, 6.45) is 2.01. The molecule has 0 spiro atoms. The van der Waals surface area contributed by atoms with E-state index in [-0.39, 0.29) is 0 Å². The Morgan fingerprint density at radius 3 is 2.26 bits per heavy atom. The van der Waals surface area contributed by atoms with Gasteiger partial charge in [0.25, 0.3) is 0 Å². The topological polar surface area (TPSA) is 35.2 Å². The van der Waals surface area contributed by atoms with Crippen molar-refractivity contribution in [3.63, 3.8) is 0 Å². The maximum absolute atomic E-state index is 6.07. The third-order valence-corrected chi connectivity index (χ3v) is 4.18. The minimum Gasteiger partial charge on any atom is -0.493 e. The van der Waals surface area contributed by atoms with E-state index in [0.717, 1.165) is 25.2 Å². The van der Waals surface area contributed by atoms with E-state index in [4.69, 9.17) is 10.5 Å². The van der Waals surface area contributed by atoms with Crippen LogP contribution in [-0.4, -0.2) is 13.2 Å². The second kappa shape index (κ2) is 8.16. The van der Waals surface area contributed by atoms with Gasteiger partial charge in [-0.15, -0.1) is 0 Å². The summed E-state index contributed by atoms with van der Waals surface area (Å²) < 4.78 is 5.77. The van der Waals surface area contributed by atoms with Crippen LogP contribution in [0.4, 0.5) is 0 Å². The lowest BCUT2D eigenvalue weighted by Gasteiger charge is -2.18. The standard InChI is InChI=1S/C21H29NO/c1-5-8-23-21-7-6-19(12-17(21)4)20(14-22)13-18-10-15(2)9-16(3)11-18/h6-7,9-12,20H,5,8,13-14,22H2,1-4H3. The average Bonchev–Trinajstić information content (AvgIpc) is 2.50. The molecule has 2 rings (SSSR count). The Morgan fingerprint density at radius 2 is 1.70 bits per heavy atom. The third kappa shape index (κ3) is 4.84. The van der Waals surface area contributed by atoms with Crippen molar-refractivity contribution in [1.82, 2.24) is 0 Å². The number of benzene rings is 2. The summed E-state index contributed by atoms with van der Waals surface area (Å²) in [7, 11) is 0. The number of rotatable bonds is 7. The van der Waals surface area contributed by atoms with Crippen LogP contribution < -0.4 is 10.5 Å². The summed E-state index contributed by atoms with van der Waals surface area (Å²) in [6.45, 7) is 9.96. The number of ether oxygens (including phenoxy) is 1. The second-order valence-corrected chi connectivity index (χ2v) is 6.51. The highest BCUT2D eigenvalue weighted by Gasteiger charge is 2.13. The van der Waals surface area contributed by atoms with Gasteiger partial charge >= 0.3 is 0 Å². The Kier molecular flexibility index (Phi) is 6.23. The lowest BCUT2D eigenvalue weighted by atomic mass is 9.90. The first-order valence-electron chi connectivity index (χ1n) is 8.54. The first-order valence-corrected chi connectivity index (χ1v) is 8.54. The van der Waals surface area contributed by atoms with Gasteiger partial charge in [-0.1, -0.05) is 48.4 Å². The van der Waals surface area contributed by atoms with Gasteiger partial charge in [-0.2, -0.15) is 0 Å². The third-order valence-electron chi connectivity index (χ3n) is 4.18. The number of aryl methyl sites for hydroxylation is 3. The molecule has 0 amide bonds. The summed E-state index contributed by atoms with van der Waals surface area (Å²) in [5, 5.41) is 0. The molecule has 0 fully saturated rings. The Bertz CT molecular complexity index is 628. The molecule has 1 unspecified atom stereocenters. The Labute approximate surface area is 140 Å². The van der Waals surface area contributed by atoms with Crippen molar-refractivity contribution in [1.29, 1.82) is 0 Å². The zero-order valence-corrected chi connectivity index (χ0v) is 14.9.